The first-order valence-corrected chi connectivity index (χ1v) is 3.94. The van der Waals surface area contributed by atoms with Crippen LogP contribution in [0.1, 0.15) is 26.7 Å². The van der Waals surface area contributed by atoms with E-state index in [1.165, 1.54) is 30.4 Å². The van der Waals surface area contributed by atoms with Crippen molar-refractivity contribution in [3.05, 3.63) is 0 Å². The quantitative estimate of drug-likeness (QED) is 0.442. The van der Waals surface area contributed by atoms with Crippen LogP contribution in [0.2, 0.25) is 0 Å². The van der Waals surface area contributed by atoms with Crippen LogP contribution in [0.25, 0.3) is 0 Å². The largest absolute Gasteiger partial charge is 1.00 e. The van der Waals surface area contributed by atoms with Crippen LogP contribution in [-0.4, -0.2) is 31.7 Å². The van der Waals surface area contributed by atoms with Gasteiger partial charge in [0.1, 0.15) is 0 Å². The summed E-state index contributed by atoms with van der Waals surface area (Å²) in [6.45, 7) is 7.07. The zero-order chi connectivity index (χ0) is 7.33. The third-order valence-electron chi connectivity index (χ3n) is 1.97. The minimum Gasteiger partial charge on any atom is -1.00 e. The molecule has 0 aromatic rings. The summed E-state index contributed by atoms with van der Waals surface area (Å²) in [6.07, 6.45) is 2.68. The number of halogens is 1. The summed E-state index contributed by atoms with van der Waals surface area (Å²) in [6, 6.07) is 0. The minimum atomic E-state index is 0. The molecule has 0 saturated heterocycles. The van der Waals surface area contributed by atoms with Gasteiger partial charge in [-0.05, 0) is 13.3 Å². The molecule has 0 bridgehead atoms. The normalized spacial score (nSPS) is 10.8. The van der Waals surface area contributed by atoms with E-state index >= 15 is 0 Å². The Morgan fingerprint density at radius 2 is 1.60 bits per heavy atom. The van der Waals surface area contributed by atoms with E-state index in [-0.39, 0.29) is 24.0 Å². The number of unbranched alkanes of at least 4 members (excludes halogenated alkanes) is 1. The minimum absolute atomic E-state index is 0. The molecule has 0 aliphatic heterocycles. The Labute approximate surface area is 82.4 Å². The van der Waals surface area contributed by atoms with Gasteiger partial charge in [-0.25, -0.2) is 0 Å². The number of rotatable bonds is 4. The molecule has 0 heterocycles. The van der Waals surface area contributed by atoms with Gasteiger partial charge in [0.15, 0.2) is 0 Å². The van der Waals surface area contributed by atoms with Crippen LogP contribution in [0.3, 0.4) is 0 Å². The lowest BCUT2D eigenvalue weighted by atomic mass is 10.3. The smallest absolute Gasteiger partial charge is 0.0782 e. The highest BCUT2D eigenvalue weighted by molar-refractivity contribution is 4.31. The summed E-state index contributed by atoms with van der Waals surface area (Å²) in [4.78, 5) is 0. The van der Waals surface area contributed by atoms with Crippen molar-refractivity contribution in [1.29, 1.82) is 0 Å². The summed E-state index contributed by atoms with van der Waals surface area (Å²) in [5.74, 6) is 0. The maximum atomic E-state index is 2.29. The molecule has 0 aliphatic carbocycles. The van der Waals surface area contributed by atoms with Gasteiger partial charge in [0.05, 0.1) is 27.2 Å². The fraction of sp³-hybridized carbons (Fsp3) is 1.00. The summed E-state index contributed by atoms with van der Waals surface area (Å²) in [5.41, 5.74) is 0. The van der Waals surface area contributed by atoms with Gasteiger partial charge >= 0.3 is 0 Å². The molecule has 0 fully saturated rings. The van der Waals surface area contributed by atoms with E-state index in [4.69, 9.17) is 0 Å². The van der Waals surface area contributed by atoms with Crippen LogP contribution in [0, 0.1) is 0 Å². The SMILES string of the molecule is CCCC[N+](C)(C)CC.[I-]. The molecule has 0 rings (SSSR count). The Morgan fingerprint density at radius 3 is 1.90 bits per heavy atom. The number of hydrogen-bond acceptors (Lipinski definition) is 0. The Morgan fingerprint density at radius 1 is 1.10 bits per heavy atom. The lowest BCUT2D eigenvalue weighted by Gasteiger charge is -2.27. The lowest BCUT2D eigenvalue weighted by molar-refractivity contribution is -0.888. The highest BCUT2D eigenvalue weighted by Gasteiger charge is 2.08. The lowest BCUT2D eigenvalue weighted by Crippen LogP contribution is -3.00. The summed E-state index contributed by atoms with van der Waals surface area (Å²) in [7, 11) is 4.57. The second-order valence-electron chi connectivity index (χ2n) is 3.33. The van der Waals surface area contributed by atoms with E-state index in [9.17, 15) is 0 Å². The molecule has 0 saturated carbocycles. The maximum absolute atomic E-state index is 2.29. The van der Waals surface area contributed by atoms with Crippen LogP contribution in [0.4, 0.5) is 0 Å². The Bertz CT molecular complexity index is 71.7. The van der Waals surface area contributed by atoms with Crippen molar-refractivity contribution in [2.75, 3.05) is 27.2 Å². The van der Waals surface area contributed by atoms with Gasteiger partial charge in [-0.3, -0.25) is 0 Å². The van der Waals surface area contributed by atoms with Gasteiger partial charge in [-0.1, -0.05) is 13.3 Å². The standard InChI is InChI=1S/C8H20N.HI/c1-5-7-8-9(3,4)6-2;/h5-8H2,1-4H3;1H/q+1;/p-1. The Balaban J connectivity index is 0. The van der Waals surface area contributed by atoms with Gasteiger partial charge < -0.3 is 28.5 Å². The van der Waals surface area contributed by atoms with Crippen molar-refractivity contribution >= 4 is 0 Å². The number of nitrogens with zero attached hydrogens (tertiary/aromatic N) is 1. The van der Waals surface area contributed by atoms with Crippen LogP contribution < -0.4 is 24.0 Å². The molecule has 0 aromatic carbocycles. The van der Waals surface area contributed by atoms with Gasteiger partial charge in [0.25, 0.3) is 0 Å². The summed E-state index contributed by atoms with van der Waals surface area (Å²) in [5, 5.41) is 0. The summed E-state index contributed by atoms with van der Waals surface area (Å²) >= 11 is 0. The Hall–Kier alpha value is 0.690. The molecule has 2 heteroatoms. The first kappa shape index (κ1) is 13.3. The van der Waals surface area contributed by atoms with E-state index in [2.05, 4.69) is 27.9 Å². The molecule has 1 nitrogen and oxygen atoms in total. The maximum Gasteiger partial charge on any atom is 0.0782 e. The van der Waals surface area contributed by atoms with Crippen molar-refractivity contribution in [3.8, 4) is 0 Å². The molecule has 0 spiro atoms. The molecule has 10 heavy (non-hydrogen) atoms. The third-order valence-corrected chi connectivity index (χ3v) is 1.97. The predicted octanol–water partition coefficient (Wildman–Crippen LogP) is -1.11. The monoisotopic (exact) mass is 257 g/mol. The van der Waals surface area contributed by atoms with Gasteiger partial charge in [-0.2, -0.15) is 0 Å². The fourth-order valence-corrected chi connectivity index (χ4v) is 0.744. The van der Waals surface area contributed by atoms with E-state index < -0.39 is 0 Å². The average Bonchev–Trinajstić information content (AvgIpc) is 1.84. The van der Waals surface area contributed by atoms with Gasteiger partial charge in [0.2, 0.25) is 0 Å². The molecule has 0 amide bonds. The average molecular weight is 257 g/mol. The van der Waals surface area contributed by atoms with E-state index in [0.717, 1.165) is 0 Å². The fourth-order valence-electron chi connectivity index (χ4n) is 0.744. The molecular formula is C8H20IN. The predicted molar refractivity (Wildman–Crippen MR) is 42.4 cm³/mol. The summed E-state index contributed by atoms with van der Waals surface area (Å²) < 4.78 is 1.17. The van der Waals surface area contributed by atoms with Crippen LogP contribution in [-0.2, 0) is 0 Å². The second-order valence-corrected chi connectivity index (χ2v) is 3.33. The molecule has 64 valence electrons. The highest BCUT2D eigenvalue weighted by Crippen LogP contribution is 1.99. The zero-order valence-corrected chi connectivity index (χ0v) is 9.81. The van der Waals surface area contributed by atoms with Gasteiger partial charge in [0, 0.05) is 0 Å². The van der Waals surface area contributed by atoms with E-state index in [1.807, 2.05) is 0 Å². The topological polar surface area (TPSA) is 0 Å². The van der Waals surface area contributed by atoms with Crippen molar-refractivity contribution in [1.82, 2.24) is 0 Å². The van der Waals surface area contributed by atoms with Crippen molar-refractivity contribution in [2.24, 2.45) is 0 Å². The molecule has 0 aromatic heterocycles. The molecule has 0 unspecified atom stereocenters. The van der Waals surface area contributed by atoms with Crippen molar-refractivity contribution in [3.63, 3.8) is 0 Å². The highest BCUT2D eigenvalue weighted by atomic mass is 127. The third kappa shape index (κ3) is 6.81. The van der Waals surface area contributed by atoms with Crippen LogP contribution in [0.5, 0.6) is 0 Å². The van der Waals surface area contributed by atoms with Crippen LogP contribution >= 0.6 is 0 Å². The number of hydrogen-bond donors (Lipinski definition) is 0. The first-order chi connectivity index (χ1) is 4.12. The second kappa shape index (κ2) is 6.40. The Kier molecular flexibility index (Phi) is 8.51. The van der Waals surface area contributed by atoms with Crippen LogP contribution in [0.15, 0.2) is 0 Å². The molecular weight excluding hydrogens is 237 g/mol. The van der Waals surface area contributed by atoms with E-state index in [0.29, 0.717) is 0 Å². The molecule has 0 atom stereocenters. The molecule has 0 aliphatic rings. The van der Waals surface area contributed by atoms with Gasteiger partial charge in [-0.15, -0.1) is 0 Å². The molecule has 0 radical (unpaired) electrons. The first-order valence-electron chi connectivity index (χ1n) is 3.94. The number of quaternary nitrogens is 1. The van der Waals surface area contributed by atoms with Crippen molar-refractivity contribution in [2.45, 2.75) is 26.7 Å². The zero-order valence-electron chi connectivity index (χ0n) is 7.65. The van der Waals surface area contributed by atoms with Crippen molar-refractivity contribution < 1.29 is 28.5 Å². The van der Waals surface area contributed by atoms with E-state index in [1.54, 1.807) is 0 Å². The molecule has 0 N–H and O–H groups in total.